The number of hydrogen-bond donors (Lipinski definition) is 1. The van der Waals surface area contributed by atoms with E-state index in [4.69, 9.17) is 4.98 Å². The average Bonchev–Trinajstić information content (AvgIpc) is 3.56. The van der Waals surface area contributed by atoms with Gasteiger partial charge in [-0.05, 0) is 50.6 Å². The summed E-state index contributed by atoms with van der Waals surface area (Å²) < 4.78 is 16.3. The van der Waals surface area contributed by atoms with E-state index in [0.29, 0.717) is 22.5 Å². The lowest BCUT2D eigenvalue weighted by Gasteiger charge is -2.26. The highest BCUT2D eigenvalue weighted by Gasteiger charge is 2.17. The van der Waals surface area contributed by atoms with E-state index in [0.717, 1.165) is 28.7 Å². The molecule has 0 amide bonds. The number of pyridine rings is 3. The van der Waals surface area contributed by atoms with Crippen molar-refractivity contribution in [3.8, 4) is 34.9 Å². The summed E-state index contributed by atoms with van der Waals surface area (Å²) in [6.45, 7) is 5.28. The highest BCUT2D eigenvalue weighted by atomic mass is 19.1. The predicted molar refractivity (Wildman–Crippen MR) is 144 cm³/mol. The Labute approximate surface area is 224 Å². The number of aliphatic hydroxyl groups is 1. The fourth-order valence-corrected chi connectivity index (χ4v) is 4.10. The summed E-state index contributed by atoms with van der Waals surface area (Å²) in [5, 5.41) is 27.9. The van der Waals surface area contributed by atoms with Crippen molar-refractivity contribution in [2.45, 2.75) is 32.4 Å². The average molecular weight is 521 g/mol. The maximum absolute atomic E-state index is 13.3. The van der Waals surface area contributed by atoms with E-state index in [1.54, 1.807) is 43.0 Å². The molecule has 10 heteroatoms. The minimum atomic E-state index is -1.14. The molecule has 5 aromatic rings. The molecule has 0 aliphatic heterocycles. The molecule has 0 fully saturated rings. The Hall–Kier alpha value is -5.06. The second-order valence-corrected chi connectivity index (χ2v) is 9.66. The van der Waals surface area contributed by atoms with Crippen LogP contribution in [0.25, 0.3) is 22.5 Å². The van der Waals surface area contributed by atoms with Gasteiger partial charge < -0.3 is 10.0 Å². The molecule has 9 nitrogen and oxygen atoms in total. The van der Waals surface area contributed by atoms with Crippen molar-refractivity contribution in [3.63, 3.8) is 0 Å². The highest BCUT2D eigenvalue weighted by Crippen LogP contribution is 2.30. The van der Waals surface area contributed by atoms with E-state index in [-0.39, 0.29) is 6.04 Å². The van der Waals surface area contributed by atoms with Crippen molar-refractivity contribution in [3.05, 3.63) is 90.0 Å². The lowest BCUT2D eigenvalue weighted by atomic mass is 10.0. The van der Waals surface area contributed by atoms with Crippen molar-refractivity contribution in [1.82, 2.24) is 29.4 Å². The van der Waals surface area contributed by atoms with Crippen LogP contribution in [0.15, 0.2) is 67.5 Å². The summed E-state index contributed by atoms with van der Waals surface area (Å²) in [5.41, 5.74) is 3.12. The van der Waals surface area contributed by atoms with E-state index in [9.17, 15) is 14.8 Å². The predicted octanol–water partition coefficient (Wildman–Crippen LogP) is 4.31. The second-order valence-electron chi connectivity index (χ2n) is 9.66. The Morgan fingerprint density at radius 1 is 1.05 bits per heavy atom. The van der Waals surface area contributed by atoms with Crippen molar-refractivity contribution < 1.29 is 9.50 Å². The number of rotatable bonds is 5. The van der Waals surface area contributed by atoms with Gasteiger partial charge in [-0.3, -0.25) is 0 Å². The largest absolute Gasteiger partial charge is 0.378 e. The number of hydrogen-bond acceptors (Lipinski definition) is 7. The van der Waals surface area contributed by atoms with Crippen LogP contribution in [-0.4, -0.2) is 47.1 Å². The first-order chi connectivity index (χ1) is 18.6. The summed E-state index contributed by atoms with van der Waals surface area (Å²) in [6, 6.07) is 11.6. The minimum Gasteiger partial charge on any atom is -0.378 e. The molecule has 1 N–H and O–H groups in total. The van der Waals surface area contributed by atoms with Crippen LogP contribution in [0.5, 0.6) is 0 Å². The lowest BCUT2D eigenvalue weighted by molar-refractivity contribution is 0.143. The van der Waals surface area contributed by atoms with Crippen molar-refractivity contribution in [2.24, 2.45) is 0 Å². The van der Waals surface area contributed by atoms with Crippen molar-refractivity contribution >= 4 is 11.3 Å². The van der Waals surface area contributed by atoms with E-state index < -0.39 is 11.4 Å². The van der Waals surface area contributed by atoms with E-state index >= 15 is 0 Å². The molecule has 0 unspecified atom stereocenters. The molecule has 0 aromatic carbocycles. The maximum Gasteiger partial charge on any atom is 0.161 e. The number of halogens is 1. The minimum absolute atomic E-state index is 0.0496. The SMILES string of the molecule is C[C@@H](c1ccc(-n2cc(F)cn2)nc1)N(C)c1ccc(-c2cc(C#CC(C)(C)O)cn3ncc(C#N)c23)cn1. The number of nitriles is 1. The van der Waals surface area contributed by atoms with Gasteiger partial charge in [-0.25, -0.2) is 23.6 Å². The molecular weight excluding hydrogens is 495 g/mol. The zero-order chi connectivity index (χ0) is 27.7. The van der Waals surface area contributed by atoms with Crippen LogP contribution in [0.3, 0.4) is 0 Å². The van der Waals surface area contributed by atoms with Gasteiger partial charge in [0, 0.05) is 42.3 Å². The second kappa shape index (κ2) is 10.0. The van der Waals surface area contributed by atoms with Gasteiger partial charge in [0.25, 0.3) is 0 Å². The number of anilines is 1. The summed E-state index contributed by atoms with van der Waals surface area (Å²) in [5.74, 6) is 6.66. The standard InChI is InChI=1S/C29H25FN8O/c1-19(21-5-8-27(33-13-21)37-18-24(30)16-35-37)36(4)26-7-6-22(14-32-26)25-11-20(9-10-29(2,3)39)17-38-28(25)23(12-31)15-34-38/h5-8,11,13-19,39H,1-4H3/t19-/m0/s1. The van der Waals surface area contributed by atoms with Crippen LogP contribution >= 0.6 is 0 Å². The van der Waals surface area contributed by atoms with E-state index in [1.807, 2.05) is 43.1 Å². The fourth-order valence-electron chi connectivity index (χ4n) is 4.10. The molecule has 0 aliphatic rings. The molecule has 0 radical (unpaired) electrons. The van der Waals surface area contributed by atoms with Gasteiger partial charge in [-0.2, -0.15) is 15.5 Å². The van der Waals surface area contributed by atoms with Gasteiger partial charge in [0.1, 0.15) is 17.5 Å². The van der Waals surface area contributed by atoms with Gasteiger partial charge >= 0.3 is 0 Å². The van der Waals surface area contributed by atoms with Gasteiger partial charge in [-0.15, -0.1) is 0 Å². The topological polar surface area (TPSA) is 108 Å². The quantitative estimate of drug-likeness (QED) is 0.344. The van der Waals surface area contributed by atoms with Crippen LogP contribution in [-0.2, 0) is 0 Å². The van der Waals surface area contributed by atoms with Crippen LogP contribution in [0.2, 0.25) is 0 Å². The Morgan fingerprint density at radius 2 is 1.87 bits per heavy atom. The molecule has 0 bridgehead atoms. The van der Waals surface area contributed by atoms with E-state index in [1.165, 1.54) is 17.1 Å². The first-order valence-electron chi connectivity index (χ1n) is 12.2. The number of aromatic nitrogens is 6. The van der Waals surface area contributed by atoms with Crippen LogP contribution in [0.4, 0.5) is 10.2 Å². The Bertz CT molecular complexity index is 1750. The Balaban J connectivity index is 1.43. The Kier molecular flexibility index (Phi) is 6.57. The lowest BCUT2D eigenvalue weighted by Crippen LogP contribution is -2.22. The van der Waals surface area contributed by atoms with Crippen molar-refractivity contribution in [2.75, 3.05) is 11.9 Å². The molecule has 39 heavy (non-hydrogen) atoms. The maximum atomic E-state index is 13.3. The fraction of sp³-hybridized carbons (Fsp3) is 0.207. The van der Waals surface area contributed by atoms with Crippen LogP contribution < -0.4 is 4.90 Å². The number of nitrogens with zero attached hydrogens (tertiary/aromatic N) is 8. The smallest absolute Gasteiger partial charge is 0.161 e. The van der Waals surface area contributed by atoms with E-state index in [2.05, 4.69) is 33.1 Å². The molecule has 1 atom stereocenters. The van der Waals surface area contributed by atoms with Crippen molar-refractivity contribution in [1.29, 1.82) is 5.26 Å². The monoisotopic (exact) mass is 520 g/mol. The highest BCUT2D eigenvalue weighted by molar-refractivity contribution is 5.85. The molecule has 5 rings (SSSR count). The molecule has 0 saturated carbocycles. The zero-order valence-corrected chi connectivity index (χ0v) is 21.8. The normalized spacial score (nSPS) is 12.0. The van der Waals surface area contributed by atoms with Gasteiger partial charge in [0.2, 0.25) is 0 Å². The summed E-state index contributed by atoms with van der Waals surface area (Å²) in [7, 11) is 1.94. The summed E-state index contributed by atoms with van der Waals surface area (Å²) in [4.78, 5) is 11.1. The zero-order valence-electron chi connectivity index (χ0n) is 21.8. The summed E-state index contributed by atoms with van der Waals surface area (Å²) in [6.07, 6.45) is 9.16. The molecule has 5 aromatic heterocycles. The molecule has 194 valence electrons. The number of fused-ring (bicyclic) bond motifs is 1. The third-order valence-corrected chi connectivity index (χ3v) is 6.29. The molecule has 0 saturated heterocycles. The molecular formula is C29H25FN8O. The third-order valence-electron chi connectivity index (χ3n) is 6.29. The third kappa shape index (κ3) is 5.33. The van der Waals surface area contributed by atoms with Gasteiger partial charge in [-0.1, -0.05) is 17.9 Å². The van der Waals surface area contributed by atoms with Crippen LogP contribution in [0, 0.1) is 29.0 Å². The van der Waals surface area contributed by atoms with Gasteiger partial charge in [0.05, 0.1) is 35.7 Å². The molecule has 0 aliphatic carbocycles. The van der Waals surface area contributed by atoms with Crippen LogP contribution in [0.1, 0.15) is 43.5 Å². The Morgan fingerprint density at radius 3 is 2.49 bits per heavy atom. The van der Waals surface area contributed by atoms with Gasteiger partial charge in [0.15, 0.2) is 11.6 Å². The first kappa shape index (κ1) is 25.6. The first-order valence-corrected chi connectivity index (χ1v) is 12.2. The molecule has 0 spiro atoms. The summed E-state index contributed by atoms with van der Waals surface area (Å²) >= 11 is 0. The molecule has 5 heterocycles.